The minimum absolute atomic E-state index is 0.179. The molecule has 0 spiro atoms. The Kier molecular flexibility index (Phi) is 4.03. The first kappa shape index (κ1) is 15.5. The molecule has 6 heteroatoms. The largest absolute Gasteiger partial charge is 0.316 e. The van der Waals surface area contributed by atoms with E-state index < -0.39 is 0 Å². The monoisotopic (exact) mass is 351 g/mol. The summed E-state index contributed by atoms with van der Waals surface area (Å²) in [4.78, 5) is 18.7. The highest BCUT2D eigenvalue weighted by molar-refractivity contribution is 7.09. The molecule has 0 radical (unpaired) electrons. The number of aromatic nitrogens is 2. The summed E-state index contributed by atoms with van der Waals surface area (Å²) in [6.07, 6.45) is 0. The molecule has 2 heterocycles. The van der Waals surface area contributed by atoms with Crippen LogP contribution in [0.1, 0.15) is 4.88 Å². The predicted octanol–water partition coefficient (Wildman–Crippen LogP) is 4.01. The second-order valence-electron chi connectivity index (χ2n) is 5.51. The van der Waals surface area contributed by atoms with Crippen LogP contribution in [-0.2, 0) is 6.54 Å². The number of para-hydroxylation sites is 1. The molecule has 0 saturated heterocycles. The van der Waals surface area contributed by atoms with Crippen LogP contribution in [-0.4, -0.2) is 9.66 Å². The molecule has 124 valence electrons. The number of fused-ring (bicyclic) bond motifs is 1. The predicted molar refractivity (Wildman–Crippen MR) is 98.8 cm³/mol. The van der Waals surface area contributed by atoms with E-state index in [1.165, 1.54) is 16.8 Å². The van der Waals surface area contributed by atoms with Crippen LogP contribution in [0.25, 0.3) is 22.3 Å². The lowest BCUT2D eigenvalue weighted by Gasteiger charge is -2.15. The molecule has 0 saturated carbocycles. The van der Waals surface area contributed by atoms with Crippen LogP contribution in [0.2, 0.25) is 0 Å². The van der Waals surface area contributed by atoms with Gasteiger partial charge in [0.25, 0.3) is 5.56 Å². The quantitative estimate of drug-likeness (QED) is 0.604. The van der Waals surface area contributed by atoms with Crippen molar-refractivity contribution in [1.29, 1.82) is 0 Å². The summed E-state index contributed by atoms with van der Waals surface area (Å²) in [5, 5.41) is 2.52. The molecule has 0 atom stereocenters. The van der Waals surface area contributed by atoms with E-state index in [2.05, 4.69) is 10.4 Å². The van der Waals surface area contributed by atoms with Crippen molar-refractivity contribution in [3.05, 3.63) is 87.1 Å². The SMILES string of the molecule is O=c1c2ccccc2nc(-c2ccc(F)cc2)n1NCc1cccs1. The first-order valence-corrected chi connectivity index (χ1v) is 8.64. The van der Waals surface area contributed by atoms with E-state index in [0.717, 1.165) is 4.88 Å². The molecule has 1 N–H and O–H groups in total. The maximum Gasteiger partial charge on any atom is 0.280 e. The van der Waals surface area contributed by atoms with E-state index >= 15 is 0 Å². The third-order valence-electron chi connectivity index (χ3n) is 3.87. The highest BCUT2D eigenvalue weighted by Gasteiger charge is 2.13. The van der Waals surface area contributed by atoms with Crippen LogP contribution in [0.3, 0.4) is 0 Å². The Morgan fingerprint density at radius 2 is 1.84 bits per heavy atom. The molecule has 0 aliphatic rings. The molecule has 0 fully saturated rings. The molecule has 0 aliphatic heterocycles. The zero-order valence-corrected chi connectivity index (χ0v) is 14.0. The van der Waals surface area contributed by atoms with Gasteiger partial charge in [0, 0.05) is 10.4 Å². The summed E-state index contributed by atoms with van der Waals surface area (Å²) in [6, 6.07) is 17.1. The Hall–Kier alpha value is -2.99. The number of nitrogens with zero attached hydrogens (tertiary/aromatic N) is 2. The van der Waals surface area contributed by atoms with Gasteiger partial charge < -0.3 is 5.43 Å². The summed E-state index contributed by atoms with van der Waals surface area (Å²) >= 11 is 1.61. The van der Waals surface area contributed by atoms with E-state index in [4.69, 9.17) is 0 Å². The first-order chi connectivity index (χ1) is 12.2. The summed E-state index contributed by atoms with van der Waals surface area (Å²) in [6.45, 7) is 0.506. The number of benzene rings is 2. The van der Waals surface area contributed by atoms with Gasteiger partial charge in [0.05, 0.1) is 17.4 Å². The number of nitrogens with one attached hydrogen (secondary N) is 1. The molecule has 0 bridgehead atoms. The van der Waals surface area contributed by atoms with Crippen LogP contribution < -0.4 is 11.0 Å². The van der Waals surface area contributed by atoms with E-state index in [1.54, 1.807) is 35.6 Å². The van der Waals surface area contributed by atoms with E-state index in [1.807, 2.05) is 29.6 Å². The van der Waals surface area contributed by atoms with E-state index in [9.17, 15) is 9.18 Å². The maximum atomic E-state index is 13.3. The van der Waals surface area contributed by atoms with E-state index in [0.29, 0.717) is 28.8 Å². The zero-order chi connectivity index (χ0) is 17.2. The summed E-state index contributed by atoms with van der Waals surface area (Å²) < 4.78 is 14.7. The fourth-order valence-electron chi connectivity index (χ4n) is 2.64. The van der Waals surface area contributed by atoms with Crippen LogP contribution in [0.4, 0.5) is 4.39 Å². The normalized spacial score (nSPS) is 10.9. The third kappa shape index (κ3) is 3.04. The van der Waals surface area contributed by atoms with Gasteiger partial charge in [-0.1, -0.05) is 18.2 Å². The highest BCUT2D eigenvalue weighted by atomic mass is 32.1. The molecule has 4 aromatic rings. The summed E-state index contributed by atoms with van der Waals surface area (Å²) in [7, 11) is 0. The van der Waals surface area contributed by atoms with Crippen molar-refractivity contribution in [2.45, 2.75) is 6.54 Å². The van der Waals surface area contributed by atoms with Gasteiger partial charge >= 0.3 is 0 Å². The van der Waals surface area contributed by atoms with Crippen LogP contribution in [0, 0.1) is 5.82 Å². The van der Waals surface area contributed by atoms with E-state index in [-0.39, 0.29) is 11.4 Å². The van der Waals surface area contributed by atoms with Gasteiger partial charge in [0.1, 0.15) is 5.82 Å². The van der Waals surface area contributed by atoms with Crippen molar-refractivity contribution in [2.24, 2.45) is 0 Å². The van der Waals surface area contributed by atoms with Crippen molar-refractivity contribution in [3.63, 3.8) is 0 Å². The standard InChI is InChI=1S/C19H14FN3OS/c20-14-9-7-13(8-10-14)18-22-17-6-2-1-5-16(17)19(24)23(18)21-12-15-4-3-11-25-15/h1-11,21H,12H2. The average Bonchev–Trinajstić information content (AvgIpc) is 3.15. The molecule has 2 aromatic heterocycles. The molecule has 4 rings (SSSR count). The van der Waals surface area contributed by atoms with Gasteiger partial charge in [-0.15, -0.1) is 11.3 Å². The van der Waals surface area contributed by atoms with Crippen molar-refractivity contribution in [1.82, 2.24) is 9.66 Å². The summed E-state index contributed by atoms with van der Waals surface area (Å²) in [5.41, 5.74) is 4.25. The van der Waals surface area contributed by atoms with Gasteiger partial charge in [0.2, 0.25) is 0 Å². The average molecular weight is 351 g/mol. The van der Waals surface area contributed by atoms with Gasteiger partial charge in [-0.2, -0.15) is 0 Å². The van der Waals surface area contributed by atoms with Crippen molar-refractivity contribution in [2.75, 3.05) is 5.43 Å². The zero-order valence-electron chi connectivity index (χ0n) is 13.1. The lowest BCUT2D eigenvalue weighted by molar-refractivity contribution is 0.628. The van der Waals surface area contributed by atoms with Crippen LogP contribution in [0.15, 0.2) is 70.8 Å². The molecule has 25 heavy (non-hydrogen) atoms. The molecule has 0 unspecified atom stereocenters. The number of hydrogen-bond acceptors (Lipinski definition) is 4. The Labute approximate surface area is 147 Å². The molecular formula is C19H14FN3OS. The minimum atomic E-state index is -0.329. The van der Waals surface area contributed by atoms with Gasteiger partial charge in [-0.3, -0.25) is 4.79 Å². The molecule has 4 nitrogen and oxygen atoms in total. The number of rotatable bonds is 4. The number of hydrogen-bond donors (Lipinski definition) is 1. The fraction of sp³-hybridized carbons (Fsp3) is 0.0526. The maximum absolute atomic E-state index is 13.3. The minimum Gasteiger partial charge on any atom is -0.316 e. The number of thiophene rings is 1. The Bertz CT molecular complexity index is 1070. The van der Waals surface area contributed by atoms with Crippen LogP contribution in [0.5, 0.6) is 0 Å². The first-order valence-electron chi connectivity index (χ1n) is 7.76. The summed E-state index contributed by atoms with van der Waals surface area (Å²) in [5.74, 6) is 0.130. The lowest BCUT2D eigenvalue weighted by atomic mass is 10.2. The van der Waals surface area contributed by atoms with Crippen molar-refractivity contribution >= 4 is 22.2 Å². The molecule has 0 amide bonds. The second kappa shape index (κ2) is 6.49. The van der Waals surface area contributed by atoms with Gasteiger partial charge in [-0.05, 0) is 47.8 Å². The second-order valence-corrected chi connectivity index (χ2v) is 6.55. The Morgan fingerprint density at radius 3 is 2.60 bits per heavy atom. The fourth-order valence-corrected chi connectivity index (χ4v) is 3.28. The van der Waals surface area contributed by atoms with Crippen molar-refractivity contribution in [3.8, 4) is 11.4 Å². The highest BCUT2D eigenvalue weighted by Crippen LogP contribution is 2.19. The van der Waals surface area contributed by atoms with Crippen LogP contribution >= 0.6 is 11.3 Å². The lowest BCUT2D eigenvalue weighted by Crippen LogP contribution is -2.31. The topological polar surface area (TPSA) is 46.9 Å². The molecule has 0 aliphatic carbocycles. The smallest absolute Gasteiger partial charge is 0.280 e. The number of halogens is 1. The molecular weight excluding hydrogens is 337 g/mol. The van der Waals surface area contributed by atoms with Gasteiger partial charge in [0.15, 0.2) is 5.82 Å². The Balaban J connectivity index is 1.87. The van der Waals surface area contributed by atoms with Crippen molar-refractivity contribution < 1.29 is 4.39 Å². The van der Waals surface area contributed by atoms with Gasteiger partial charge in [-0.25, -0.2) is 14.1 Å². The third-order valence-corrected chi connectivity index (χ3v) is 4.75. The Morgan fingerprint density at radius 1 is 1.04 bits per heavy atom. The molecule has 2 aromatic carbocycles.